The molecule has 0 aliphatic heterocycles. The molecule has 0 saturated carbocycles. The van der Waals surface area contributed by atoms with E-state index in [0.29, 0.717) is 12.2 Å². The predicted octanol–water partition coefficient (Wildman–Crippen LogP) is -0.737. The van der Waals surface area contributed by atoms with Crippen LogP contribution in [0.5, 0.6) is 5.75 Å². The summed E-state index contributed by atoms with van der Waals surface area (Å²) in [5.41, 5.74) is -0.00892. The van der Waals surface area contributed by atoms with Crippen LogP contribution in [0.2, 0.25) is 0 Å². The van der Waals surface area contributed by atoms with Crippen molar-refractivity contribution in [1.29, 1.82) is 0 Å². The van der Waals surface area contributed by atoms with Gasteiger partial charge in [-0.05, 0) is 24.3 Å². The summed E-state index contributed by atoms with van der Waals surface area (Å²) in [4.78, 5) is 24.2. The zero-order valence-electron chi connectivity index (χ0n) is 12.1. The van der Waals surface area contributed by atoms with Gasteiger partial charge in [-0.15, -0.1) is 0 Å². The number of anilines is 1. The van der Waals surface area contributed by atoms with Crippen LogP contribution in [-0.2, 0) is 14.1 Å². The number of rotatable bonds is 4. The molecule has 0 aliphatic carbocycles. The fourth-order valence-corrected chi connectivity index (χ4v) is 1.72. The average Bonchev–Trinajstić information content (AvgIpc) is 2.84. The summed E-state index contributed by atoms with van der Waals surface area (Å²) in [5.74, 6) is -0.237. The minimum Gasteiger partial charge on any atom is -0.491 e. The Labute approximate surface area is 119 Å². The Balaban J connectivity index is 2.45. The summed E-state index contributed by atoms with van der Waals surface area (Å²) in [6, 6.07) is 0. The standard InChI is InChI=1S/C11H15N7O3/c1-5-21-8-6(2)10(20)17(3)14-7(8)9(19)12-11-13-15-16-18(11)4/h5H2,1-4H3,(H,12,13,16,19). The number of carbonyl (C=O) groups is 1. The molecule has 0 atom stereocenters. The van der Waals surface area contributed by atoms with E-state index >= 15 is 0 Å². The summed E-state index contributed by atoms with van der Waals surface area (Å²) in [7, 11) is 3.05. The third-order valence-electron chi connectivity index (χ3n) is 2.77. The van der Waals surface area contributed by atoms with Gasteiger partial charge in [-0.3, -0.25) is 14.9 Å². The maximum Gasteiger partial charge on any atom is 0.282 e. The van der Waals surface area contributed by atoms with Gasteiger partial charge in [0.05, 0.1) is 12.2 Å². The lowest BCUT2D eigenvalue weighted by Gasteiger charge is -2.12. The van der Waals surface area contributed by atoms with Gasteiger partial charge in [-0.25, -0.2) is 9.36 Å². The topological polar surface area (TPSA) is 117 Å². The first-order valence-electron chi connectivity index (χ1n) is 6.20. The number of hydrogen-bond acceptors (Lipinski definition) is 7. The number of hydrogen-bond donors (Lipinski definition) is 1. The van der Waals surface area contributed by atoms with Gasteiger partial charge in [0.2, 0.25) is 5.95 Å². The van der Waals surface area contributed by atoms with Crippen LogP contribution in [0.4, 0.5) is 5.95 Å². The molecule has 2 rings (SSSR count). The molecule has 2 aromatic heterocycles. The normalized spacial score (nSPS) is 10.5. The van der Waals surface area contributed by atoms with Crippen molar-refractivity contribution in [2.24, 2.45) is 14.1 Å². The highest BCUT2D eigenvalue weighted by Gasteiger charge is 2.22. The quantitative estimate of drug-likeness (QED) is 0.789. The van der Waals surface area contributed by atoms with Crippen LogP contribution in [0.3, 0.4) is 0 Å². The van der Waals surface area contributed by atoms with Gasteiger partial charge < -0.3 is 4.74 Å². The Morgan fingerprint density at radius 1 is 1.33 bits per heavy atom. The molecule has 0 fully saturated rings. The third kappa shape index (κ3) is 2.73. The van der Waals surface area contributed by atoms with E-state index in [4.69, 9.17) is 4.74 Å². The fraction of sp³-hybridized carbons (Fsp3) is 0.455. The minimum atomic E-state index is -0.560. The summed E-state index contributed by atoms with van der Waals surface area (Å²) in [6.07, 6.45) is 0. The zero-order valence-corrected chi connectivity index (χ0v) is 12.1. The van der Waals surface area contributed by atoms with Crippen molar-refractivity contribution in [2.75, 3.05) is 11.9 Å². The van der Waals surface area contributed by atoms with Crippen molar-refractivity contribution >= 4 is 11.9 Å². The number of amides is 1. The second kappa shape index (κ2) is 5.69. The van der Waals surface area contributed by atoms with Crippen molar-refractivity contribution in [3.63, 3.8) is 0 Å². The molecule has 0 aromatic carbocycles. The first-order chi connectivity index (χ1) is 9.95. The van der Waals surface area contributed by atoms with E-state index in [1.165, 1.54) is 11.7 Å². The van der Waals surface area contributed by atoms with E-state index in [-0.39, 0.29) is 23.0 Å². The minimum absolute atomic E-state index is 0.000509. The molecule has 1 amide bonds. The number of carbonyl (C=O) groups excluding carboxylic acids is 1. The lowest BCUT2D eigenvalue weighted by molar-refractivity contribution is 0.101. The Hall–Kier alpha value is -2.78. The Morgan fingerprint density at radius 3 is 2.62 bits per heavy atom. The highest BCUT2D eigenvalue weighted by molar-refractivity contribution is 6.03. The molecule has 0 saturated heterocycles. The van der Waals surface area contributed by atoms with E-state index in [9.17, 15) is 9.59 Å². The number of aryl methyl sites for hydroxylation is 2. The predicted molar refractivity (Wildman–Crippen MR) is 72.1 cm³/mol. The van der Waals surface area contributed by atoms with Crippen LogP contribution in [0.1, 0.15) is 23.0 Å². The van der Waals surface area contributed by atoms with Crippen molar-refractivity contribution in [1.82, 2.24) is 30.0 Å². The van der Waals surface area contributed by atoms with Crippen LogP contribution in [0, 0.1) is 6.92 Å². The summed E-state index contributed by atoms with van der Waals surface area (Å²) < 4.78 is 7.76. The Kier molecular flexibility index (Phi) is 3.96. The van der Waals surface area contributed by atoms with E-state index in [0.717, 1.165) is 4.68 Å². The smallest absolute Gasteiger partial charge is 0.282 e. The summed E-state index contributed by atoms with van der Waals surface area (Å²) in [5, 5.41) is 17.1. The molecular weight excluding hydrogens is 278 g/mol. The van der Waals surface area contributed by atoms with Gasteiger partial charge >= 0.3 is 0 Å². The van der Waals surface area contributed by atoms with Gasteiger partial charge in [0.15, 0.2) is 11.4 Å². The van der Waals surface area contributed by atoms with Gasteiger partial charge in [0.25, 0.3) is 11.5 Å². The molecule has 0 aliphatic rings. The van der Waals surface area contributed by atoms with Gasteiger partial charge in [-0.1, -0.05) is 5.10 Å². The van der Waals surface area contributed by atoms with Crippen LogP contribution < -0.4 is 15.6 Å². The third-order valence-corrected chi connectivity index (χ3v) is 2.77. The summed E-state index contributed by atoms with van der Waals surface area (Å²) in [6.45, 7) is 3.64. The van der Waals surface area contributed by atoms with Crippen LogP contribution in [0.15, 0.2) is 4.79 Å². The SMILES string of the molecule is CCOc1c(C(=O)Nc2nnnn2C)nn(C)c(=O)c1C. The number of nitrogens with zero attached hydrogens (tertiary/aromatic N) is 6. The molecule has 0 radical (unpaired) electrons. The maximum atomic E-state index is 12.3. The van der Waals surface area contributed by atoms with Gasteiger partial charge in [-0.2, -0.15) is 5.10 Å². The van der Waals surface area contributed by atoms with Crippen LogP contribution in [0.25, 0.3) is 0 Å². The molecule has 10 nitrogen and oxygen atoms in total. The van der Waals surface area contributed by atoms with E-state index in [2.05, 4.69) is 25.9 Å². The van der Waals surface area contributed by atoms with E-state index < -0.39 is 5.91 Å². The Morgan fingerprint density at radius 2 is 2.05 bits per heavy atom. The van der Waals surface area contributed by atoms with Crippen molar-refractivity contribution in [3.8, 4) is 5.75 Å². The monoisotopic (exact) mass is 293 g/mol. The molecule has 10 heteroatoms. The molecular formula is C11H15N7O3. The molecule has 0 bridgehead atoms. The number of ether oxygens (including phenoxy) is 1. The number of nitrogens with one attached hydrogen (secondary N) is 1. The lowest BCUT2D eigenvalue weighted by atomic mass is 10.2. The second-order valence-electron chi connectivity index (χ2n) is 4.24. The highest BCUT2D eigenvalue weighted by atomic mass is 16.5. The molecule has 0 spiro atoms. The number of aromatic nitrogens is 6. The average molecular weight is 293 g/mol. The van der Waals surface area contributed by atoms with Crippen molar-refractivity contribution in [3.05, 3.63) is 21.6 Å². The fourth-order valence-electron chi connectivity index (χ4n) is 1.72. The lowest BCUT2D eigenvalue weighted by Crippen LogP contribution is -2.28. The largest absolute Gasteiger partial charge is 0.491 e. The first kappa shape index (κ1) is 14.6. The Bertz CT molecular complexity index is 734. The van der Waals surface area contributed by atoms with Crippen LogP contribution >= 0.6 is 0 Å². The maximum absolute atomic E-state index is 12.3. The molecule has 0 unspecified atom stereocenters. The van der Waals surface area contributed by atoms with Gasteiger partial charge in [0, 0.05) is 14.1 Å². The van der Waals surface area contributed by atoms with E-state index in [1.807, 2.05) is 0 Å². The highest BCUT2D eigenvalue weighted by Crippen LogP contribution is 2.19. The molecule has 21 heavy (non-hydrogen) atoms. The van der Waals surface area contributed by atoms with Gasteiger partial charge in [0.1, 0.15) is 0 Å². The van der Waals surface area contributed by atoms with Crippen molar-refractivity contribution < 1.29 is 9.53 Å². The molecule has 2 heterocycles. The zero-order chi connectivity index (χ0) is 15.6. The molecule has 2 aromatic rings. The summed E-state index contributed by atoms with van der Waals surface area (Å²) >= 11 is 0. The molecule has 112 valence electrons. The second-order valence-corrected chi connectivity index (χ2v) is 4.24. The van der Waals surface area contributed by atoms with E-state index in [1.54, 1.807) is 20.9 Å². The van der Waals surface area contributed by atoms with Crippen molar-refractivity contribution in [2.45, 2.75) is 13.8 Å². The van der Waals surface area contributed by atoms with Crippen LogP contribution in [-0.4, -0.2) is 42.5 Å². The molecule has 1 N–H and O–H groups in total. The number of tetrazole rings is 1. The first-order valence-corrected chi connectivity index (χ1v) is 6.20.